The van der Waals surface area contributed by atoms with Gasteiger partial charge in [-0.25, -0.2) is 13.2 Å². The monoisotopic (exact) mass is 559 g/mol. The molecular weight excluding hydrogens is 526 g/mol. The van der Waals surface area contributed by atoms with Gasteiger partial charge >= 0.3 is 6.09 Å². The highest BCUT2D eigenvalue weighted by Crippen LogP contribution is 2.35. The highest BCUT2D eigenvalue weighted by Gasteiger charge is 2.32. The van der Waals surface area contributed by atoms with Crippen molar-refractivity contribution in [3.8, 4) is 11.4 Å². The van der Waals surface area contributed by atoms with Crippen LogP contribution in [0, 0.1) is 0 Å². The summed E-state index contributed by atoms with van der Waals surface area (Å²) in [6.45, 7) is 12.6. The van der Waals surface area contributed by atoms with Crippen LogP contribution < -0.4 is 4.72 Å². The van der Waals surface area contributed by atoms with Gasteiger partial charge in [0, 0.05) is 23.7 Å². The molecule has 9 nitrogen and oxygen atoms in total. The van der Waals surface area contributed by atoms with Crippen molar-refractivity contribution in [3.63, 3.8) is 0 Å². The maximum Gasteiger partial charge on any atom is 0.410 e. The predicted molar refractivity (Wildman–Crippen MR) is 148 cm³/mol. The normalized spacial score (nSPS) is 16.5. The minimum absolute atomic E-state index is 0.0948. The number of likely N-dealkylation sites (tertiary alicyclic amines) is 1. The Morgan fingerprint density at radius 2 is 1.76 bits per heavy atom. The molecule has 3 aromatic rings. The largest absolute Gasteiger partial charge is 0.444 e. The molecule has 2 heterocycles. The number of hydrogen-bond acceptors (Lipinski definition) is 6. The second kappa shape index (κ2) is 10.2. The highest BCUT2D eigenvalue weighted by molar-refractivity contribution is 7.92. The smallest absolute Gasteiger partial charge is 0.410 e. The van der Waals surface area contributed by atoms with Crippen molar-refractivity contribution in [1.82, 2.24) is 19.7 Å². The van der Waals surface area contributed by atoms with E-state index in [-0.39, 0.29) is 22.4 Å². The number of amides is 1. The summed E-state index contributed by atoms with van der Waals surface area (Å²) in [5, 5.41) is 8.80. The van der Waals surface area contributed by atoms with Gasteiger partial charge in [-0.2, -0.15) is 0 Å². The van der Waals surface area contributed by atoms with Crippen LogP contribution in [-0.4, -0.2) is 52.9 Å². The number of carbonyl (C=O) groups excluding carboxylic acids is 1. The fourth-order valence-corrected chi connectivity index (χ4v) is 5.54. The van der Waals surface area contributed by atoms with Gasteiger partial charge in [0.05, 0.1) is 16.6 Å². The van der Waals surface area contributed by atoms with Crippen LogP contribution in [-0.2, 0) is 20.2 Å². The molecule has 1 fully saturated rings. The van der Waals surface area contributed by atoms with Gasteiger partial charge in [-0.05, 0) is 68.5 Å². The first-order valence-corrected chi connectivity index (χ1v) is 14.3. The van der Waals surface area contributed by atoms with E-state index in [2.05, 4.69) is 35.7 Å². The van der Waals surface area contributed by atoms with Crippen molar-refractivity contribution in [2.45, 2.75) is 69.9 Å². The molecule has 204 valence electrons. The average Bonchev–Trinajstić information content (AvgIpc) is 3.48. The minimum atomic E-state index is -3.89. The lowest BCUT2D eigenvalue weighted by molar-refractivity contribution is 0.0289. The zero-order valence-corrected chi connectivity index (χ0v) is 24.1. The van der Waals surface area contributed by atoms with Gasteiger partial charge in [0.2, 0.25) is 0 Å². The molecule has 2 aromatic carbocycles. The number of halogens is 1. The maximum atomic E-state index is 13.3. The molecule has 0 spiro atoms. The SMILES string of the molecule is CC(C)(C)OC(=O)N1CCC(n2cnnc2-c2cc(Cl)ccc2NS(=O)(=O)c2ccc(C(C)(C)C)cc2)C1. The molecule has 0 radical (unpaired) electrons. The molecule has 0 bridgehead atoms. The third-order valence-electron chi connectivity index (χ3n) is 6.28. The van der Waals surface area contributed by atoms with Crippen molar-refractivity contribution in [3.05, 3.63) is 59.4 Å². The maximum absolute atomic E-state index is 13.3. The Kier molecular flexibility index (Phi) is 7.51. The van der Waals surface area contributed by atoms with E-state index in [1.165, 1.54) is 0 Å². The number of ether oxygens (including phenoxy) is 1. The van der Waals surface area contributed by atoms with Gasteiger partial charge < -0.3 is 14.2 Å². The molecule has 0 aliphatic carbocycles. The molecule has 1 saturated heterocycles. The first kappa shape index (κ1) is 27.9. The predicted octanol–water partition coefficient (Wildman–Crippen LogP) is 5.88. The Bertz CT molecular complexity index is 1420. The Morgan fingerprint density at radius 3 is 2.39 bits per heavy atom. The number of rotatable bonds is 5. The highest BCUT2D eigenvalue weighted by atomic mass is 35.5. The van der Waals surface area contributed by atoms with E-state index in [0.717, 1.165) is 5.56 Å². The number of anilines is 1. The molecule has 11 heteroatoms. The molecule has 1 N–H and O–H groups in total. The number of hydrogen-bond donors (Lipinski definition) is 1. The van der Waals surface area contributed by atoms with Crippen LogP contribution in [0.1, 0.15) is 59.6 Å². The molecule has 1 amide bonds. The summed E-state index contributed by atoms with van der Waals surface area (Å²) < 4.78 is 36.7. The first-order valence-electron chi connectivity index (χ1n) is 12.4. The summed E-state index contributed by atoms with van der Waals surface area (Å²) in [5.74, 6) is 0.448. The third kappa shape index (κ3) is 6.30. The Hall–Kier alpha value is -3.11. The molecule has 1 atom stereocenters. The van der Waals surface area contributed by atoms with Gasteiger partial charge in [-0.15, -0.1) is 10.2 Å². The van der Waals surface area contributed by atoms with Crippen molar-refractivity contribution >= 4 is 33.4 Å². The second-order valence-corrected chi connectivity index (χ2v) is 13.6. The second-order valence-electron chi connectivity index (χ2n) is 11.5. The fraction of sp³-hybridized carbons (Fsp3) is 0.444. The van der Waals surface area contributed by atoms with Crippen LogP contribution in [0.4, 0.5) is 10.5 Å². The summed E-state index contributed by atoms with van der Waals surface area (Å²) in [4.78, 5) is 14.4. The summed E-state index contributed by atoms with van der Waals surface area (Å²) in [5.41, 5.74) is 1.17. The summed E-state index contributed by atoms with van der Waals surface area (Å²) in [6.07, 6.45) is 1.89. The fourth-order valence-electron chi connectivity index (χ4n) is 4.29. The lowest BCUT2D eigenvalue weighted by atomic mass is 9.87. The topological polar surface area (TPSA) is 106 Å². The van der Waals surface area contributed by atoms with Crippen LogP contribution in [0.3, 0.4) is 0 Å². The van der Waals surface area contributed by atoms with Crippen LogP contribution in [0.5, 0.6) is 0 Å². The molecule has 0 saturated carbocycles. The van der Waals surface area contributed by atoms with E-state index in [4.69, 9.17) is 16.3 Å². The molecule has 4 rings (SSSR count). The average molecular weight is 560 g/mol. The van der Waals surface area contributed by atoms with E-state index in [9.17, 15) is 13.2 Å². The van der Waals surface area contributed by atoms with E-state index < -0.39 is 15.6 Å². The van der Waals surface area contributed by atoms with E-state index >= 15 is 0 Å². The van der Waals surface area contributed by atoms with Crippen molar-refractivity contribution in [2.75, 3.05) is 17.8 Å². The Labute approximate surface area is 229 Å². The summed E-state index contributed by atoms with van der Waals surface area (Å²) in [6, 6.07) is 11.6. The van der Waals surface area contributed by atoms with Gasteiger partial charge in [-0.1, -0.05) is 44.5 Å². The van der Waals surface area contributed by atoms with Crippen LogP contribution in [0.15, 0.2) is 53.7 Å². The lowest BCUT2D eigenvalue weighted by Gasteiger charge is -2.24. The standard InChI is InChI=1S/C27H34ClN5O4S/c1-26(2,3)18-7-10-21(11-8-18)38(35,36)31-23-12-9-19(28)15-22(23)24-30-29-17-33(24)20-13-14-32(16-20)25(34)37-27(4,5)6/h7-12,15,17,20,31H,13-14,16H2,1-6H3. The Morgan fingerprint density at radius 1 is 1.08 bits per heavy atom. The van der Waals surface area contributed by atoms with Crippen LogP contribution in [0.2, 0.25) is 5.02 Å². The van der Waals surface area contributed by atoms with E-state index in [1.807, 2.05) is 37.5 Å². The summed E-state index contributed by atoms with van der Waals surface area (Å²) in [7, 11) is -3.89. The van der Waals surface area contributed by atoms with E-state index in [1.54, 1.807) is 41.6 Å². The minimum Gasteiger partial charge on any atom is -0.444 e. The van der Waals surface area contributed by atoms with Crippen molar-refractivity contribution < 1.29 is 17.9 Å². The number of aromatic nitrogens is 3. The number of sulfonamides is 1. The molecule has 1 unspecified atom stereocenters. The van der Waals surface area contributed by atoms with Gasteiger partial charge in [0.15, 0.2) is 5.82 Å². The molecule has 38 heavy (non-hydrogen) atoms. The molecule has 1 aromatic heterocycles. The molecule has 1 aliphatic heterocycles. The quantitative estimate of drug-likeness (QED) is 0.418. The molecular formula is C27H34ClN5O4S. The van der Waals surface area contributed by atoms with Crippen LogP contribution >= 0.6 is 11.6 Å². The number of benzene rings is 2. The number of nitrogens with one attached hydrogen (secondary N) is 1. The third-order valence-corrected chi connectivity index (χ3v) is 7.90. The lowest BCUT2D eigenvalue weighted by Crippen LogP contribution is -2.35. The zero-order chi connectivity index (χ0) is 27.9. The van der Waals surface area contributed by atoms with Crippen LogP contribution in [0.25, 0.3) is 11.4 Å². The number of carbonyl (C=O) groups is 1. The zero-order valence-electron chi connectivity index (χ0n) is 22.5. The van der Waals surface area contributed by atoms with Crippen molar-refractivity contribution in [1.29, 1.82) is 0 Å². The van der Waals surface area contributed by atoms with Gasteiger partial charge in [-0.3, -0.25) is 4.72 Å². The van der Waals surface area contributed by atoms with E-state index in [0.29, 0.717) is 41.6 Å². The van der Waals surface area contributed by atoms with Gasteiger partial charge in [0.1, 0.15) is 11.9 Å². The first-order chi connectivity index (χ1) is 17.6. The van der Waals surface area contributed by atoms with Gasteiger partial charge in [0.25, 0.3) is 10.0 Å². The number of nitrogens with zero attached hydrogens (tertiary/aromatic N) is 4. The Balaban J connectivity index is 1.61. The summed E-state index contributed by atoms with van der Waals surface area (Å²) >= 11 is 6.32. The molecule has 1 aliphatic rings. The van der Waals surface area contributed by atoms with Crippen molar-refractivity contribution in [2.24, 2.45) is 0 Å².